The molecule has 214 valence electrons. The van der Waals surface area contributed by atoms with E-state index in [1.807, 2.05) is 37.7 Å². The summed E-state index contributed by atoms with van der Waals surface area (Å²) in [6.45, 7) is 9.02. The molecule has 5 rings (SSSR count). The number of rotatable bonds is 9. The van der Waals surface area contributed by atoms with Crippen LogP contribution in [-0.2, 0) is 39.1 Å². The topological polar surface area (TPSA) is 110 Å². The van der Waals surface area contributed by atoms with Gasteiger partial charge in [0, 0.05) is 42.9 Å². The second-order valence-electron chi connectivity index (χ2n) is 9.47. The molecule has 4 aromatic rings. The average molecular weight is 579 g/mol. The van der Waals surface area contributed by atoms with Crippen molar-refractivity contribution in [3.8, 4) is 28.3 Å². The predicted octanol–water partition coefficient (Wildman–Crippen LogP) is 4.91. The Bertz CT molecular complexity index is 1520. The van der Waals surface area contributed by atoms with Crippen LogP contribution in [0.25, 0.3) is 22.5 Å². The predicted molar refractivity (Wildman–Crippen MR) is 154 cm³/mol. The Morgan fingerprint density at radius 1 is 1.12 bits per heavy atom. The van der Waals surface area contributed by atoms with Crippen LogP contribution < -0.4 is 10.1 Å². The van der Waals surface area contributed by atoms with Gasteiger partial charge in [-0.05, 0) is 57.5 Å². The van der Waals surface area contributed by atoms with Gasteiger partial charge in [-0.25, -0.2) is 9.37 Å². The van der Waals surface area contributed by atoms with Gasteiger partial charge in [-0.15, -0.1) is 0 Å². The molecule has 14 heteroatoms. The number of aryl methyl sites for hydroxylation is 2. The molecule has 0 aliphatic carbocycles. The van der Waals surface area contributed by atoms with E-state index in [0.29, 0.717) is 60.3 Å². The first-order chi connectivity index (χ1) is 19.7. The van der Waals surface area contributed by atoms with Gasteiger partial charge in [-0.1, -0.05) is 0 Å². The monoisotopic (exact) mass is 579 g/mol. The standard InChI is InChI=1S/C27H32BFN7O4P/c1-6-36-25-17(15-32-36)11-22-24(34-35(5)33-22)20-10-9-19(29)13-21(20)27(4,28)40-23-12-18(25)14-30-26(23)31-16-39-41(37-7-2)38-8-3/h9-10,12-15H,6-8,11,16H2,1-5H3,(H,30,31)/t27-/m1/s1. The van der Waals surface area contributed by atoms with Crippen LogP contribution in [0.1, 0.15) is 44.5 Å². The first kappa shape index (κ1) is 29.1. The number of halogens is 1. The zero-order chi connectivity index (χ0) is 29.1. The normalized spacial score (nSPS) is 16.3. The lowest BCUT2D eigenvalue weighted by atomic mass is 9.74. The molecule has 1 aliphatic heterocycles. The van der Waals surface area contributed by atoms with Crippen LogP contribution in [0.4, 0.5) is 10.2 Å². The molecule has 0 saturated heterocycles. The average Bonchev–Trinajstić information content (AvgIpc) is 3.51. The number of benzene rings is 1. The molecular formula is C27H32BFN7O4P. The van der Waals surface area contributed by atoms with Gasteiger partial charge in [0.2, 0.25) is 0 Å². The first-order valence-corrected chi connectivity index (χ1v) is 14.5. The minimum atomic E-state index is -1.53. The summed E-state index contributed by atoms with van der Waals surface area (Å²) in [4.78, 5) is 6.16. The SMILES string of the molecule is [B][C@]1(C)Oc2cc(cnc2NCOP(OCC)OCC)-c2c(cnn2CC)Cc2nn(C)nc2-c2ccc(F)cc21. The van der Waals surface area contributed by atoms with E-state index in [-0.39, 0.29) is 6.73 Å². The van der Waals surface area contributed by atoms with Crippen LogP contribution in [0.3, 0.4) is 0 Å². The number of anilines is 1. The minimum absolute atomic E-state index is 0.0437. The molecule has 1 aromatic carbocycles. The maximum absolute atomic E-state index is 14.7. The summed E-state index contributed by atoms with van der Waals surface area (Å²) in [6, 6.07) is 6.24. The Hall–Kier alpha value is -3.38. The fraction of sp³-hybridized carbons (Fsp3) is 0.407. The number of ether oxygens (including phenoxy) is 1. The van der Waals surface area contributed by atoms with Gasteiger partial charge in [0.1, 0.15) is 26.1 Å². The molecule has 41 heavy (non-hydrogen) atoms. The Balaban J connectivity index is 1.63. The number of aromatic nitrogens is 6. The fourth-order valence-corrected chi connectivity index (χ4v) is 5.58. The van der Waals surface area contributed by atoms with Gasteiger partial charge in [-0.2, -0.15) is 20.1 Å². The van der Waals surface area contributed by atoms with Crippen molar-refractivity contribution in [2.45, 2.75) is 46.2 Å². The Morgan fingerprint density at radius 2 is 1.90 bits per heavy atom. The number of pyridine rings is 1. The van der Waals surface area contributed by atoms with Gasteiger partial charge >= 0.3 is 8.60 Å². The molecule has 1 atom stereocenters. The van der Waals surface area contributed by atoms with Crippen molar-refractivity contribution < 1.29 is 22.7 Å². The minimum Gasteiger partial charge on any atom is -0.489 e. The molecule has 0 fully saturated rings. The van der Waals surface area contributed by atoms with E-state index < -0.39 is 19.9 Å². The van der Waals surface area contributed by atoms with Crippen LogP contribution in [0.15, 0.2) is 36.7 Å². The molecule has 11 nitrogen and oxygen atoms in total. The molecule has 0 unspecified atom stereocenters. The molecule has 0 amide bonds. The lowest BCUT2D eigenvalue weighted by Gasteiger charge is -2.31. The Kier molecular flexibility index (Phi) is 8.70. The zero-order valence-electron chi connectivity index (χ0n) is 23.7. The molecule has 1 N–H and O–H groups in total. The number of hydrogen-bond donors (Lipinski definition) is 1. The summed E-state index contributed by atoms with van der Waals surface area (Å²) < 4.78 is 39.8. The second-order valence-corrected chi connectivity index (χ2v) is 10.7. The van der Waals surface area contributed by atoms with Crippen molar-refractivity contribution in [2.24, 2.45) is 7.05 Å². The molecule has 2 bridgehead atoms. The third-order valence-corrected chi connectivity index (χ3v) is 7.73. The fourth-order valence-electron chi connectivity index (χ4n) is 4.76. The van der Waals surface area contributed by atoms with Gasteiger partial charge in [0.05, 0.1) is 36.3 Å². The van der Waals surface area contributed by atoms with Gasteiger partial charge in [-0.3, -0.25) is 9.21 Å². The van der Waals surface area contributed by atoms with E-state index in [9.17, 15) is 4.39 Å². The number of fused-ring (bicyclic) bond motifs is 7. The summed E-state index contributed by atoms with van der Waals surface area (Å²) in [5.41, 5.74) is 3.42. The van der Waals surface area contributed by atoms with Crippen molar-refractivity contribution in [1.29, 1.82) is 0 Å². The smallest absolute Gasteiger partial charge is 0.334 e. The molecule has 0 saturated carbocycles. The van der Waals surface area contributed by atoms with Gasteiger partial charge < -0.3 is 19.1 Å². The summed E-state index contributed by atoms with van der Waals surface area (Å²) >= 11 is 0. The first-order valence-electron chi connectivity index (χ1n) is 13.4. The van der Waals surface area contributed by atoms with Crippen LogP contribution in [0.5, 0.6) is 5.75 Å². The van der Waals surface area contributed by atoms with E-state index in [4.69, 9.17) is 26.2 Å². The third-order valence-electron chi connectivity index (χ3n) is 6.45. The zero-order valence-corrected chi connectivity index (χ0v) is 24.6. The van der Waals surface area contributed by atoms with Crippen molar-refractivity contribution >= 4 is 22.3 Å². The van der Waals surface area contributed by atoms with Crippen LogP contribution in [-0.4, -0.2) is 57.5 Å². The van der Waals surface area contributed by atoms with Crippen LogP contribution >= 0.6 is 8.60 Å². The molecule has 3 aromatic heterocycles. The second kappa shape index (κ2) is 12.2. The van der Waals surface area contributed by atoms with Gasteiger partial charge in [0.25, 0.3) is 0 Å². The highest BCUT2D eigenvalue weighted by Gasteiger charge is 2.31. The van der Waals surface area contributed by atoms with E-state index >= 15 is 0 Å². The molecular weight excluding hydrogens is 547 g/mol. The van der Waals surface area contributed by atoms with E-state index in [1.54, 1.807) is 26.2 Å². The van der Waals surface area contributed by atoms with Crippen molar-refractivity contribution in [1.82, 2.24) is 29.8 Å². The Morgan fingerprint density at radius 3 is 2.63 bits per heavy atom. The lowest BCUT2D eigenvalue weighted by molar-refractivity contribution is 0.173. The molecule has 4 heterocycles. The third kappa shape index (κ3) is 6.13. The summed E-state index contributed by atoms with van der Waals surface area (Å²) in [5, 5.41) is 17.0. The van der Waals surface area contributed by atoms with E-state index in [0.717, 1.165) is 16.8 Å². The summed E-state index contributed by atoms with van der Waals surface area (Å²) in [7, 11) is 7.04. The summed E-state index contributed by atoms with van der Waals surface area (Å²) in [6.07, 6.45) is 4.01. The molecule has 0 spiro atoms. The highest BCUT2D eigenvalue weighted by molar-refractivity contribution is 7.41. The van der Waals surface area contributed by atoms with E-state index in [1.165, 1.54) is 16.9 Å². The number of nitrogens with zero attached hydrogens (tertiary/aromatic N) is 6. The lowest BCUT2D eigenvalue weighted by Crippen LogP contribution is -2.31. The maximum atomic E-state index is 14.7. The quantitative estimate of drug-likeness (QED) is 0.168. The van der Waals surface area contributed by atoms with Crippen molar-refractivity contribution in [2.75, 3.05) is 25.3 Å². The highest BCUT2D eigenvalue weighted by atomic mass is 31.2. The summed E-state index contributed by atoms with van der Waals surface area (Å²) in [5.74, 6) is 0.276. The molecule has 1 aliphatic rings. The number of hydrogen-bond acceptors (Lipinski definition) is 9. The van der Waals surface area contributed by atoms with Crippen LogP contribution in [0.2, 0.25) is 0 Å². The highest BCUT2D eigenvalue weighted by Crippen LogP contribution is 2.41. The van der Waals surface area contributed by atoms with Crippen molar-refractivity contribution in [3.05, 3.63) is 59.3 Å². The van der Waals surface area contributed by atoms with Gasteiger partial charge in [0.15, 0.2) is 11.6 Å². The maximum Gasteiger partial charge on any atom is 0.334 e. The molecule has 2 radical (unpaired) electrons. The van der Waals surface area contributed by atoms with E-state index in [2.05, 4.69) is 25.6 Å². The van der Waals surface area contributed by atoms with Crippen LogP contribution in [0, 0.1) is 5.82 Å². The van der Waals surface area contributed by atoms with Crippen molar-refractivity contribution in [3.63, 3.8) is 0 Å². The number of nitrogens with one attached hydrogen (secondary N) is 1. The Labute approximate surface area is 240 Å². The largest absolute Gasteiger partial charge is 0.489 e.